The van der Waals surface area contributed by atoms with Crippen LogP contribution in [-0.4, -0.2) is 10.7 Å². The topological polar surface area (TPSA) is 50.9 Å². The van der Waals surface area contributed by atoms with Crippen molar-refractivity contribution < 1.29 is 13.2 Å². The molecular weight excluding hydrogens is 319 g/mol. The maximum Gasteiger partial charge on any atom is 0.443 e. The minimum atomic E-state index is -4.43. The Morgan fingerprint density at radius 3 is 2.48 bits per heavy atom. The van der Waals surface area contributed by atoms with Gasteiger partial charge in [0.1, 0.15) is 0 Å². The quantitative estimate of drug-likeness (QED) is 0.496. The van der Waals surface area contributed by atoms with Gasteiger partial charge in [0.05, 0.1) is 6.04 Å². The van der Waals surface area contributed by atoms with E-state index in [1.54, 1.807) is 11.8 Å². The van der Waals surface area contributed by atoms with Crippen molar-refractivity contribution in [2.24, 2.45) is 5.84 Å². The van der Waals surface area contributed by atoms with Gasteiger partial charge < -0.3 is 0 Å². The van der Waals surface area contributed by atoms with Gasteiger partial charge in [-0.3, -0.25) is 5.84 Å². The molecule has 0 radical (unpaired) electrons. The van der Waals surface area contributed by atoms with E-state index < -0.39 is 17.2 Å². The third-order valence-corrected chi connectivity index (χ3v) is 4.74. The summed E-state index contributed by atoms with van der Waals surface area (Å²) in [6, 6.07) is 7.07. The van der Waals surface area contributed by atoms with Crippen LogP contribution in [0.1, 0.15) is 28.4 Å². The number of rotatable bonds is 5. The zero-order valence-corrected chi connectivity index (χ0v) is 12.8. The second kappa shape index (κ2) is 6.78. The lowest BCUT2D eigenvalue weighted by atomic mass is 10.1. The van der Waals surface area contributed by atoms with E-state index in [4.69, 9.17) is 5.84 Å². The first kappa shape index (κ1) is 16.3. The lowest BCUT2D eigenvalue weighted by molar-refractivity contribution is -0.137. The van der Waals surface area contributed by atoms with Crippen molar-refractivity contribution >= 4 is 23.1 Å². The summed E-state index contributed by atoms with van der Waals surface area (Å²) in [5, 5.41) is -0.865. The van der Waals surface area contributed by atoms with Crippen molar-refractivity contribution in [3.8, 4) is 0 Å². The van der Waals surface area contributed by atoms with E-state index in [0.717, 1.165) is 16.2 Å². The summed E-state index contributed by atoms with van der Waals surface area (Å²) in [4.78, 5) is 4.96. The summed E-state index contributed by atoms with van der Waals surface area (Å²) < 4.78 is 37.8. The first-order valence-corrected chi connectivity index (χ1v) is 7.97. The van der Waals surface area contributed by atoms with Crippen molar-refractivity contribution in [3.05, 3.63) is 45.9 Å². The number of aromatic nitrogens is 1. The highest BCUT2D eigenvalue weighted by Crippen LogP contribution is 2.36. The molecule has 1 atom stereocenters. The van der Waals surface area contributed by atoms with Crippen LogP contribution in [0.25, 0.3) is 0 Å². The number of nitrogens with two attached hydrogens (primary N) is 1. The van der Waals surface area contributed by atoms with Gasteiger partial charge in [-0.05, 0) is 23.4 Å². The lowest BCUT2D eigenvalue weighted by Crippen LogP contribution is -2.28. The molecule has 0 amide bonds. The van der Waals surface area contributed by atoms with Gasteiger partial charge in [0.25, 0.3) is 0 Å². The molecular formula is C13H14F3N3S2. The van der Waals surface area contributed by atoms with Crippen LogP contribution < -0.4 is 11.3 Å². The SMILES string of the molecule is CCSc1ccc(C(NN)c2cnc(C(F)(F)F)s2)cc1. The van der Waals surface area contributed by atoms with Crippen LogP contribution in [0.5, 0.6) is 0 Å². The Kier molecular flexibility index (Phi) is 5.26. The average Bonchev–Trinajstić information content (AvgIpc) is 2.91. The number of nitrogens with zero attached hydrogens (tertiary/aromatic N) is 1. The Bertz CT molecular complexity index is 581. The monoisotopic (exact) mass is 333 g/mol. The van der Waals surface area contributed by atoms with Gasteiger partial charge in [0.2, 0.25) is 0 Å². The molecule has 0 fully saturated rings. The predicted molar refractivity (Wildman–Crippen MR) is 79.1 cm³/mol. The summed E-state index contributed by atoms with van der Waals surface area (Å²) >= 11 is 2.29. The molecule has 3 N–H and O–H groups in total. The molecule has 1 unspecified atom stereocenters. The van der Waals surface area contributed by atoms with E-state index in [1.807, 2.05) is 24.3 Å². The normalized spacial score (nSPS) is 13.4. The van der Waals surface area contributed by atoms with E-state index >= 15 is 0 Å². The van der Waals surface area contributed by atoms with E-state index in [-0.39, 0.29) is 0 Å². The number of alkyl halides is 3. The largest absolute Gasteiger partial charge is 0.443 e. The fourth-order valence-corrected chi connectivity index (χ4v) is 3.35. The van der Waals surface area contributed by atoms with Crippen LogP contribution in [0.15, 0.2) is 35.4 Å². The lowest BCUT2D eigenvalue weighted by Gasteiger charge is -2.14. The Labute approximate surface area is 128 Å². The molecule has 0 spiro atoms. The third-order valence-electron chi connectivity index (χ3n) is 2.74. The van der Waals surface area contributed by atoms with Gasteiger partial charge in [0, 0.05) is 16.0 Å². The highest BCUT2D eigenvalue weighted by atomic mass is 32.2. The van der Waals surface area contributed by atoms with Gasteiger partial charge in [-0.15, -0.1) is 23.1 Å². The third kappa shape index (κ3) is 3.97. The number of thiazole rings is 1. The minimum Gasteiger partial charge on any atom is -0.271 e. The van der Waals surface area contributed by atoms with Gasteiger partial charge in [-0.1, -0.05) is 19.1 Å². The number of halogens is 3. The molecule has 0 bridgehead atoms. The van der Waals surface area contributed by atoms with Crippen molar-refractivity contribution in [1.29, 1.82) is 0 Å². The highest BCUT2D eigenvalue weighted by molar-refractivity contribution is 7.99. The summed E-state index contributed by atoms with van der Waals surface area (Å²) in [5.41, 5.74) is 3.35. The van der Waals surface area contributed by atoms with E-state index in [1.165, 1.54) is 6.20 Å². The van der Waals surface area contributed by atoms with Crippen molar-refractivity contribution in [1.82, 2.24) is 10.4 Å². The maximum atomic E-state index is 12.6. The number of nitrogens with one attached hydrogen (secondary N) is 1. The van der Waals surface area contributed by atoms with Gasteiger partial charge in [-0.2, -0.15) is 13.2 Å². The van der Waals surface area contributed by atoms with Crippen LogP contribution in [0, 0.1) is 0 Å². The van der Waals surface area contributed by atoms with E-state index in [9.17, 15) is 13.2 Å². The van der Waals surface area contributed by atoms with Crippen LogP contribution in [0.2, 0.25) is 0 Å². The Morgan fingerprint density at radius 2 is 2.00 bits per heavy atom. The molecule has 0 saturated heterocycles. The molecule has 2 aromatic rings. The summed E-state index contributed by atoms with van der Waals surface area (Å²) in [6.45, 7) is 2.05. The molecule has 0 saturated carbocycles. The maximum absolute atomic E-state index is 12.6. The summed E-state index contributed by atoms with van der Waals surface area (Å²) in [5.74, 6) is 6.45. The molecule has 21 heavy (non-hydrogen) atoms. The average molecular weight is 333 g/mol. The van der Waals surface area contributed by atoms with Crippen LogP contribution in [0.3, 0.4) is 0 Å². The minimum absolute atomic E-state index is 0.431. The van der Waals surface area contributed by atoms with E-state index in [0.29, 0.717) is 16.2 Å². The van der Waals surface area contributed by atoms with Crippen molar-refractivity contribution in [2.75, 3.05) is 5.75 Å². The molecule has 0 aliphatic carbocycles. The Morgan fingerprint density at radius 1 is 1.33 bits per heavy atom. The van der Waals surface area contributed by atoms with Crippen molar-refractivity contribution in [3.63, 3.8) is 0 Å². The number of thioether (sulfide) groups is 1. The number of hydrogen-bond acceptors (Lipinski definition) is 5. The van der Waals surface area contributed by atoms with Crippen LogP contribution in [0.4, 0.5) is 13.2 Å². The predicted octanol–water partition coefficient (Wildman–Crippen LogP) is 3.83. The highest BCUT2D eigenvalue weighted by Gasteiger charge is 2.35. The van der Waals surface area contributed by atoms with Gasteiger partial charge in [-0.25, -0.2) is 10.4 Å². The first-order valence-electron chi connectivity index (χ1n) is 6.17. The molecule has 1 heterocycles. The molecule has 1 aromatic heterocycles. The smallest absolute Gasteiger partial charge is 0.271 e. The molecule has 114 valence electrons. The second-order valence-corrected chi connectivity index (χ2v) is 6.57. The number of hydrogen-bond donors (Lipinski definition) is 2. The first-order chi connectivity index (χ1) is 9.95. The molecule has 0 aliphatic rings. The van der Waals surface area contributed by atoms with Gasteiger partial charge in [0.15, 0.2) is 5.01 Å². The standard InChI is InChI=1S/C13H14F3N3S2/c1-2-20-9-5-3-8(4-6-9)11(19-17)10-7-18-12(21-10)13(14,15)16/h3-7,11,19H,2,17H2,1H3. The zero-order chi connectivity index (χ0) is 15.5. The van der Waals surface area contributed by atoms with Crippen molar-refractivity contribution in [2.45, 2.75) is 24.0 Å². The molecule has 3 nitrogen and oxygen atoms in total. The fraction of sp³-hybridized carbons (Fsp3) is 0.308. The van der Waals surface area contributed by atoms with Crippen LogP contribution in [-0.2, 0) is 6.18 Å². The molecule has 2 rings (SSSR count). The van der Waals surface area contributed by atoms with Gasteiger partial charge >= 0.3 is 6.18 Å². The zero-order valence-electron chi connectivity index (χ0n) is 11.1. The van der Waals surface area contributed by atoms with Crippen LogP contribution >= 0.6 is 23.1 Å². The fourth-order valence-electron chi connectivity index (χ4n) is 1.82. The Balaban J connectivity index is 2.24. The number of benzene rings is 1. The molecule has 0 aliphatic heterocycles. The second-order valence-electron chi connectivity index (χ2n) is 4.17. The summed E-state index contributed by atoms with van der Waals surface area (Å²) in [6.07, 6.45) is -3.21. The molecule has 1 aromatic carbocycles. The summed E-state index contributed by atoms with van der Waals surface area (Å²) in [7, 11) is 0. The Hall–Kier alpha value is -1.09. The van der Waals surface area contributed by atoms with E-state index in [2.05, 4.69) is 17.3 Å². The number of hydrazine groups is 1. The molecule has 8 heteroatoms.